The summed E-state index contributed by atoms with van der Waals surface area (Å²) in [5, 5.41) is 14.2. The van der Waals surface area contributed by atoms with Crippen LogP contribution in [0.4, 0.5) is 0 Å². The van der Waals surface area contributed by atoms with Crippen molar-refractivity contribution in [3.05, 3.63) is 40.1 Å². The highest BCUT2D eigenvalue weighted by Crippen LogP contribution is 2.35. The minimum absolute atomic E-state index is 0.00494. The zero-order valence-corrected chi connectivity index (χ0v) is 22.0. The molecule has 1 aliphatic carbocycles. The monoisotopic (exact) mass is 517 g/mol. The molecule has 4 rings (SSSR count). The molecule has 0 unspecified atom stereocenters. The number of benzene rings is 1. The molecule has 1 saturated carbocycles. The molecule has 1 aliphatic rings. The van der Waals surface area contributed by atoms with Gasteiger partial charge in [0.15, 0.2) is 11.3 Å². The lowest BCUT2D eigenvalue weighted by atomic mass is 10.1. The van der Waals surface area contributed by atoms with Gasteiger partial charge >= 0.3 is 0 Å². The Morgan fingerprint density at radius 3 is 2.64 bits per heavy atom. The smallest absolute Gasteiger partial charge is 0.277 e. The van der Waals surface area contributed by atoms with E-state index >= 15 is 0 Å². The highest BCUT2D eigenvalue weighted by atomic mass is 32.2. The van der Waals surface area contributed by atoms with Crippen LogP contribution in [-0.2, 0) is 10.0 Å². The summed E-state index contributed by atoms with van der Waals surface area (Å²) in [4.78, 5) is 20.7. The lowest BCUT2D eigenvalue weighted by molar-refractivity contribution is 0.252. The third-order valence-electron chi connectivity index (χ3n) is 6.68. The van der Waals surface area contributed by atoms with Crippen LogP contribution in [0.1, 0.15) is 69.8 Å². The Labute approximate surface area is 211 Å². The molecule has 0 atom stereocenters. The molecule has 1 aromatic carbocycles. The third-order valence-corrected chi connectivity index (χ3v) is 8.57. The predicted octanol–water partition coefficient (Wildman–Crippen LogP) is 3.23. The predicted molar refractivity (Wildman–Crippen MR) is 137 cm³/mol. The van der Waals surface area contributed by atoms with Gasteiger partial charge in [-0.1, -0.05) is 26.2 Å². The fourth-order valence-electron chi connectivity index (χ4n) is 4.85. The van der Waals surface area contributed by atoms with Crippen molar-refractivity contribution in [1.82, 2.24) is 23.9 Å². The number of rotatable bonds is 11. The molecular formula is C25H35N5O5S. The van der Waals surface area contributed by atoms with Gasteiger partial charge in [0.25, 0.3) is 5.56 Å². The van der Waals surface area contributed by atoms with Crippen LogP contribution in [0.3, 0.4) is 0 Å². The molecule has 0 spiro atoms. The number of unbranched alkanes of at least 4 members (excludes halogenated alkanes) is 1. The number of aliphatic hydroxyl groups is 1. The van der Waals surface area contributed by atoms with Crippen molar-refractivity contribution in [2.45, 2.75) is 70.1 Å². The van der Waals surface area contributed by atoms with E-state index in [1.54, 1.807) is 17.5 Å². The van der Waals surface area contributed by atoms with Gasteiger partial charge in [0.1, 0.15) is 11.6 Å². The lowest BCUT2D eigenvalue weighted by Gasteiger charge is -2.22. The summed E-state index contributed by atoms with van der Waals surface area (Å²) in [6, 6.07) is 4.56. The average Bonchev–Trinajstić information content (AvgIpc) is 3.50. The minimum atomic E-state index is -3.89. The largest absolute Gasteiger partial charge is 0.493 e. The van der Waals surface area contributed by atoms with Crippen molar-refractivity contribution >= 4 is 15.5 Å². The fraction of sp³-hybridized carbons (Fsp3) is 0.560. The third kappa shape index (κ3) is 5.05. The number of imidazole rings is 1. The summed E-state index contributed by atoms with van der Waals surface area (Å²) < 4.78 is 35.6. The second-order valence-corrected chi connectivity index (χ2v) is 11.1. The Balaban J connectivity index is 1.86. The molecule has 36 heavy (non-hydrogen) atoms. The number of aliphatic hydroxyl groups excluding tert-OH is 1. The number of aromatic amines is 1. The van der Waals surface area contributed by atoms with Crippen molar-refractivity contribution in [2.24, 2.45) is 0 Å². The maximum absolute atomic E-state index is 13.5. The average molecular weight is 518 g/mol. The van der Waals surface area contributed by atoms with Crippen molar-refractivity contribution < 1.29 is 18.3 Å². The van der Waals surface area contributed by atoms with Crippen LogP contribution < -0.4 is 10.3 Å². The summed E-state index contributed by atoms with van der Waals surface area (Å²) in [7, 11) is -3.89. The van der Waals surface area contributed by atoms with Crippen molar-refractivity contribution in [3.8, 4) is 17.1 Å². The highest BCUT2D eigenvalue weighted by Gasteiger charge is 2.27. The first kappa shape index (κ1) is 26.3. The summed E-state index contributed by atoms with van der Waals surface area (Å²) in [6.45, 7) is 6.01. The van der Waals surface area contributed by atoms with E-state index in [0.29, 0.717) is 42.1 Å². The molecule has 3 aromatic rings. The molecule has 0 radical (unpaired) electrons. The number of hydrogen-bond donors (Lipinski definition) is 2. The van der Waals surface area contributed by atoms with E-state index in [0.717, 1.165) is 37.9 Å². The van der Waals surface area contributed by atoms with Crippen LogP contribution in [0.15, 0.2) is 27.9 Å². The van der Waals surface area contributed by atoms with Gasteiger partial charge in [-0.3, -0.25) is 4.79 Å². The quantitative estimate of drug-likeness (QED) is 0.399. The first-order valence-electron chi connectivity index (χ1n) is 12.7. The maximum atomic E-state index is 13.5. The van der Waals surface area contributed by atoms with Gasteiger partial charge in [-0.2, -0.15) is 4.31 Å². The van der Waals surface area contributed by atoms with Crippen molar-refractivity contribution in [1.29, 1.82) is 0 Å². The molecule has 0 amide bonds. The Bertz CT molecular complexity index is 1380. The van der Waals surface area contributed by atoms with Crippen LogP contribution >= 0.6 is 0 Å². The summed E-state index contributed by atoms with van der Waals surface area (Å²) in [6.07, 6.45) is 5.73. The molecule has 1 fully saturated rings. The molecule has 196 valence electrons. The first-order chi connectivity index (χ1) is 17.3. The molecule has 10 nitrogen and oxygen atoms in total. The highest BCUT2D eigenvalue weighted by molar-refractivity contribution is 7.89. The standard InChI is InChI=1S/C25H35N5O5S/c1-4-6-13-29(14-15-31)36(33,34)19-11-12-21(35-5-2)20(16-19)23-27-25(32)22-17(3)26-24(30(22)28-23)18-9-7-8-10-18/h11-12,16,18,31H,4-10,13-15H2,1-3H3,(H,27,28,32). The van der Waals surface area contributed by atoms with Gasteiger partial charge in [-0.05, 0) is 51.3 Å². The number of sulfonamides is 1. The molecule has 2 aromatic heterocycles. The molecule has 0 bridgehead atoms. The van der Waals surface area contributed by atoms with Crippen molar-refractivity contribution in [2.75, 3.05) is 26.3 Å². The molecule has 2 N–H and O–H groups in total. The van der Waals surface area contributed by atoms with E-state index in [1.165, 1.54) is 16.4 Å². The lowest BCUT2D eigenvalue weighted by Crippen LogP contribution is -2.34. The molecule has 0 saturated heterocycles. The second kappa shape index (κ2) is 11.1. The topological polar surface area (TPSA) is 130 Å². The number of ether oxygens (including phenoxy) is 1. The van der Waals surface area contributed by atoms with Crippen LogP contribution in [0, 0.1) is 6.92 Å². The normalized spacial score (nSPS) is 14.8. The van der Waals surface area contributed by atoms with E-state index in [-0.39, 0.29) is 35.3 Å². The van der Waals surface area contributed by atoms with Crippen LogP contribution in [0.2, 0.25) is 0 Å². The van der Waals surface area contributed by atoms with Gasteiger partial charge < -0.3 is 14.8 Å². The van der Waals surface area contributed by atoms with Crippen molar-refractivity contribution in [3.63, 3.8) is 0 Å². The van der Waals surface area contributed by atoms with E-state index in [2.05, 4.69) is 9.97 Å². The van der Waals surface area contributed by atoms with Crippen LogP contribution in [-0.4, -0.2) is 63.7 Å². The number of H-pyrrole nitrogens is 1. The van der Waals surface area contributed by atoms with Gasteiger partial charge in [0, 0.05) is 19.0 Å². The fourth-order valence-corrected chi connectivity index (χ4v) is 6.34. The molecular weight excluding hydrogens is 482 g/mol. The maximum Gasteiger partial charge on any atom is 0.277 e. The zero-order chi connectivity index (χ0) is 25.9. The van der Waals surface area contributed by atoms with E-state index in [9.17, 15) is 18.3 Å². The number of hydrogen-bond acceptors (Lipinski definition) is 7. The second-order valence-electron chi connectivity index (χ2n) is 9.17. The van der Waals surface area contributed by atoms with Crippen LogP contribution in [0.5, 0.6) is 5.75 Å². The van der Waals surface area contributed by atoms with Gasteiger partial charge in [-0.25, -0.2) is 17.9 Å². The summed E-state index contributed by atoms with van der Waals surface area (Å²) in [5.74, 6) is 1.63. The molecule has 2 heterocycles. The Morgan fingerprint density at radius 1 is 1.22 bits per heavy atom. The molecule has 0 aliphatic heterocycles. The number of fused-ring (bicyclic) bond motifs is 1. The summed E-state index contributed by atoms with van der Waals surface area (Å²) >= 11 is 0. The van der Waals surface area contributed by atoms with Crippen LogP contribution in [0.25, 0.3) is 16.9 Å². The number of aryl methyl sites for hydroxylation is 1. The van der Waals surface area contributed by atoms with Gasteiger partial charge in [0.05, 0.1) is 29.4 Å². The number of nitrogens with zero attached hydrogens (tertiary/aromatic N) is 4. The molecule has 11 heteroatoms. The minimum Gasteiger partial charge on any atom is -0.493 e. The number of aromatic nitrogens is 4. The van der Waals surface area contributed by atoms with E-state index < -0.39 is 10.0 Å². The van der Waals surface area contributed by atoms with E-state index in [1.807, 2.05) is 13.8 Å². The SMILES string of the molecule is CCCCN(CCO)S(=O)(=O)c1ccc(OCC)c(-c2nn3c(C4CCCC4)nc(C)c3c(=O)[nH]2)c1. The Morgan fingerprint density at radius 2 is 1.97 bits per heavy atom. The van der Waals surface area contributed by atoms with Gasteiger partial charge in [-0.15, -0.1) is 5.10 Å². The number of nitrogens with one attached hydrogen (secondary N) is 1. The van der Waals surface area contributed by atoms with Gasteiger partial charge in [0.2, 0.25) is 10.0 Å². The zero-order valence-electron chi connectivity index (χ0n) is 21.2. The van der Waals surface area contributed by atoms with E-state index in [4.69, 9.17) is 9.84 Å². The first-order valence-corrected chi connectivity index (χ1v) is 14.1. The Kier molecular flexibility index (Phi) is 8.11. The Hall–Kier alpha value is -2.76. The summed E-state index contributed by atoms with van der Waals surface area (Å²) in [5.41, 5.74) is 1.06.